The van der Waals surface area contributed by atoms with Crippen LogP contribution >= 0.6 is 0 Å². The van der Waals surface area contributed by atoms with E-state index in [4.69, 9.17) is 16.2 Å². The van der Waals surface area contributed by atoms with Gasteiger partial charge in [-0.1, -0.05) is 6.92 Å². The first kappa shape index (κ1) is 13.4. The second-order valence-corrected chi connectivity index (χ2v) is 4.64. The second kappa shape index (κ2) is 6.18. The SMILES string of the molecule is COC1CN(CCC(N)C(N)=O)CCC1C. The van der Waals surface area contributed by atoms with Gasteiger partial charge in [0.05, 0.1) is 12.1 Å². The third kappa shape index (κ3) is 3.73. The zero-order valence-electron chi connectivity index (χ0n) is 10.2. The Bertz CT molecular complexity index is 235. The number of piperidine rings is 1. The molecule has 0 spiro atoms. The number of likely N-dealkylation sites (tertiary alicyclic amines) is 1. The topological polar surface area (TPSA) is 81.6 Å². The summed E-state index contributed by atoms with van der Waals surface area (Å²) in [5, 5.41) is 0. The van der Waals surface area contributed by atoms with Crippen LogP contribution in [0.25, 0.3) is 0 Å². The molecule has 0 aromatic rings. The lowest BCUT2D eigenvalue weighted by atomic mass is 9.95. The standard InChI is InChI=1S/C11H23N3O2/c1-8-3-5-14(7-10(8)16-2)6-4-9(12)11(13)15/h8-10H,3-7,12H2,1-2H3,(H2,13,15). The van der Waals surface area contributed by atoms with E-state index in [1.807, 2.05) is 0 Å². The number of ether oxygens (including phenoxy) is 1. The minimum absolute atomic E-state index is 0.290. The monoisotopic (exact) mass is 229 g/mol. The number of carbonyl (C=O) groups is 1. The molecule has 4 N–H and O–H groups in total. The van der Waals surface area contributed by atoms with Gasteiger partial charge in [0.15, 0.2) is 0 Å². The van der Waals surface area contributed by atoms with Crippen LogP contribution in [-0.4, -0.2) is 49.7 Å². The fraction of sp³-hybridized carbons (Fsp3) is 0.909. The van der Waals surface area contributed by atoms with E-state index >= 15 is 0 Å². The molecule has 3 atom stereocenters. The molecule has 1 saturated heterocycles. The molecule has 1 aliphatic rings. The fourth-order valence-corrected chi connectivity index (χ4v) is 2.07. The molecule has 3 unspecified atom stereocenters. The van der Waals surface area contributed by atoms with E-state index in [1.165, 1.54) is 0 Å². The summed E-state index contributed by atoms with van der Waals surface area (Å²) in [6.45, 7) is 4.99. The minimum atomic E-state index is -0.527. The average molecular weight is 229 g/mol. The lowest BCUT2D eigenvalue weighted by molar-refractivity contribution is -0.119. The Morgan fingerprint density at radius 1 is 1.62 bits per heavy atom. The van der Waals surface area contributed by atoms with Crippen molar-refractivity contribution in [2.75, 3.05) is 26.7 Å². The summed E-state index contributed by atoms with van der Waals surface area (Å²) in [4.78, 5) is 13.1. The smallest absolute Gasteiger partial charge is 0.234 e. The van der Waals surface area contributed by atoms with E-state index in [-0.39, 0.29) is 0 Å². The molecular weight excluding hydrogens is 206 g/mol. The first-order valence-corrected chi connectivity index (χ1v) is 5.84. The van der Waals surface area contributed by atoms with Gasteiger partial charge in [-0.25, -0.2) is 0 Å². The van der Waals surface area contributed by atoms with Crippen LogP contribution < -0.4 is 11.5 Å². The number of hydrogen-bond donors (Lipinski definition) is 2. The fourth-order valence-electron chi connectivity index (χ4n) is 2.07. The van der Waals surface area contributed by atoms with Gasteiger partial charge in [0, 0.05) is 20.2 Å². The Balaban J connectivity index is 2.30. The van der Waals surface area contributed by atoms with Gasteiger partial charge < -0.3 is 21.1 Å². The van der Waals surface area contributed by atoms with Crippen LogP contribution in [0.2, 0.25) is 0 Å². The van der Waals surface area contributed by atoms with Gasteiger partial charge in [-0.15, -0.1) is 0 Å². The van der Waals surface area contributed by atoms with Crippen molar-refractivity contribution in [1.82, 2.24) is 4.90 Å². The molecule has 0 radical (unpaired) electrons. The maximum Gasteiger partial charge on any atom is 0.234 e. The van der Waals surface area contributed by atoms with Gasteiger partial charge in [-0.2, -0.15) is 0 Å². The zero-order chi connectivity index (χ0) is 12.1. The molecule has 1 amide bonds. The summed E-state index contributed by atoms with van der Waals surface area (Å²) in [7, 11) is 1.75. The molecule has 1 rings (SSSR count). The molecule has 5 heteroatoms. The number of methoxy groups -OCH3 is 1. The summed E-state index contributed by atoms with van der Waals surface area (Å²) in [5.41, 5.74) is 10.7. The van der Waals surface area contributed by atoms with Crippen LogP contribution in [0.3, 0.4) is 0 Å². The van der Waals surface area contributed by atoms with Crippen molar-refractivity contribution in [2.45, 2.75) is 31.9 Å². The Hall–Kier alpha value is -0.650. The molecule has 5 nitrogen and oxygen atoms in total. The molecule has 1 fully saturated rings. The lowest BCUT2D eigenvalue weighted by Gasteiger charge is -2.36. The van der Waals surface area contributed by atoms with E-state index in [2.05, 4.69) is 11.8 Å². The molecule has 0 aliphatic carbocycles. The molecule has 16 heavy (non-hydrogen) atoms. The third-order valence-electron chi connectivity index (χ3n) is 3.40. The highest BCUT2D eigenvalue weighted by atomic mass is 16.5. The van der Waals surface area contributed by atoms with Crippen molar-refractivity contribution in [3.8, 4) is 0 Å². The molecule has 0 bridgehead atoms. The first-order chi connectivity index (χ1) is 7.54. The molecule has 1 aliphatic heterocycles. The summed E-state index contributed by atoms with van der Waals surface area (Å²) >= 11 is 0. The third-order valence-corrected chi connectivity index (χ3v) is 3.40. The Morgan fingerprint density at radius 2 is 2.31 bits per heavy atom. The van der Waals surface area contributed by atoms with E-state index in [1.54, 1.807) is 7.11 Å². The van der Waals surface area contributed by atoms with Gasteiger partial charge in [0.1, 0.15) is 0 Å². The van der Waals surface area contributed by atoms with Gasteiger partial charge in [0.25, 0.3) is 0 Å². The largest absolute Gasteiger partial charge is 0.380 e. The van der Waals surface area contributed by atoms with Crippen molar-refractivity contribution < 1.29 is 9.53 Å². The highest BCUT2D eigenvalue weighted by Crippen LogP contribution is 2.19. The quantitative estimate of drug-likeness (QED) is 0.669. The summed E-state index contributed by atoms with van der Waals surface area (Å²) < 4.78 is 5.42. The van der Waals surface area contributed by atoms with Crippen molar-refractivity contribution in [3.05, 3.63) is 0 Å². The van der Waals surface area contributed by atoms with Gasteiger partial charge in [0.2, 0.25) is 5.91 Å². The van der Waals surface area contributed by atoms with Crippen LogP contribution in [0.15, 0.2) is 0 Å². The van der Waals surface area contributed by atoms with Crippen LogP contribution in [-0.2, 0) is 9.53 Å². The lowest BCUT2D eigenvalue weighted by Crippen LogP contribution is -2.46. The van der Waals surface area contributed by atoms with Gasteiger partial charge in [-0.3, -0.25) is 4.79 Å². The van der Waals surface area contributed by atoms with Gasteiger partial charge >= 0.3 is 0 Å². The number of nitrogens with two attached hydrogens (primary N) is 2. The first-order valence-electron chi connectivity index (χ1n) is 5.84. The summed E-state index contributed by atoms with van der Waals surface area (Å²) in [6, 6.07) is -0.527. The number of nitrogens with zero attached hydrogens (tertiary/aromatic N) is 1. The Morgan fingerprint density at radius 3 is 2.88 bits per heavy atom. The molecule has 1 heterocycles. The number of hydrogen-bond acceptors (Lipinski definition) is 4. The number of rotatable bonds is 5. The summed E-state index contributed by atoms with van der Waals surface area (Å²) in [6.07, 6.45) is 2.04. The summed E-state index contributed by atoms with van der Waals surface area (Å²) in [5.74, 6) is 0.180. The average Bonchev–Trinajstić information content (AvgIpc) is 2.27. The van der Waals surface area contributed by atoms with E-state index in [0.717, 1.165) is 26.1 Å². The zero-order valence-corrected chi connectivity index (χ0v) is 10.2. The maximum absolute atomic E-state index is 10.8. The van der Waals surface area contributed by atoms with Crippen molar-refractivity contribution >= 4 is 5.91 Å². The van der Waals surface area contributed by atoms with Crippen LogP contribution in [0.1, 0.15) is 19.8 Å². The highest BCUT2D eigenvalue weighted by molar-refractivity contribution is 5.79. The van der Waals surface area contributed by atoms with E-state index in [9.17, 15) is 4.79 Å². The highest BCUT2D eigenvalue weighted by Gasteiger charge is 2.26. The number of carbonyl (C=O) groups excluding carboxylic acids is 1. The van der Waals surface area contributed by atoms with E-state index < -0.39 is 11.9 Å². The Kier molecular flexibility index (Phi) is 5.18. The predicted molar refractivity (Wildman–Crippen MR) is 62.8 cm³/mol. The van der Waals surface area contributed by atoms with Crippen LogP contribution in [0, 0.1) is 5.92 Å². The molecule has 0 saturated carbocycles. The minimum Gasteiger partial charge on any atom is -0.380 e. The number of primary amides is 1. The molecule has 0 aromatic carbocycles. The molecular formula is C11H23N3O2. The number of amides is 1. The van der Waals surface area contributed by atoms with Crippen molar-refractivity contribution in [1.29, 1.82) is 0 Å². The van der Waals surface area contributed by atoms with Gasteiger partial charge in [-0.05, 0) is 25.3 Å². The van der Waals surface area contributed by atoms with Crippen LogP contribution in [0.4, 0.5) is 0 Å². The normalized spacial score (nSPS) is 28.9. The Labute approximate surface area is 97.1 Å². The van der Waals surface area contributed by atoms with Crippen LogP contribution in [0.5, 0.6) is 0 Å². The maximum atomic E-state index is 10.8. The van der Waals surface area contributed by atoms with Crippen molar-refractivity contribution in [3.63, 3.8) is 0 Å². The van der Waals surface area contributed by atoms with Crippen molar-refractivity contribution in [2.24, 2.45) is 17.4 Å². The second-order valence-electron chi connectivity index (χ2n) is 4.64. The van der Waals surface area contributed by atoms with E-state index in [0.29, 0.717) is 18.4 Å². The molecule has 94 valence electrons. The molecule has 0 aromatic heterocycles. The predicted octanol–water partition coefficient (Wildman–Crippen LogP) is -0.454.